The normalized spacial score (nSPS) is 29.9. The highest BCUT2D eigenvalue weighted by atomic mass is 16.4. The monoisotopic (exact) mass is 253 g/mol. The van der Waals surface area contributed by atoms with E-state index in [0.717, 1.165) is 25.7 Å². The van der Waals surface area contributed by atoms with Crippen LogP contribution in [0.2, 0.25) is 0 Å². The Hall–Kier alpha value is -1.06. The van der Waals surface area contributed by atoms with Crippen LogP contribution in [0.1, 0.15) is 52.4 Å². The van der Waals surface area contributed by atoms with Crippen LogP contribution in [0.3, 0.4) is 0 Å². The number of amides is 1. The number of carbonyl (C=O) groups excluding carboxylic acids is 1. The SMILES string of the molecule is CC(C)C1(C(=O)NC2CCC(C(=O)O)CC2)CC1. The Morgan fingerprint density at radius 1 is 1.17 bits per heavy atom. The summed E-state index contributed by atoms with van der Waals surface area (Å²) in [6, 6.07) is 0.185. The van der Waals surface area contributed by atoms with Crippen LogP contribution in [-0.4, -0.2) is 23.0 Å². The highest BCUT2D eigenvalue weighted by Crippen LogP contribution is 2.52. The van der Waals surface area contributed by atoms with Crippen molar-refractivity contribution in [2.24, 2.45) is 17.3 Å². The smallest absolute Gasteiger partial charge is 0.306 e. The molecule has 0 aromatic heterocycles. The van der Waals surface area contributed by atoms with Crippen molar-refractivity contribution in [2.75, 3.05) is 0 Å². The molecule has 0 aromatic rings. The summed E-state index contributed by atoms with van der Waals surface area (Å²) in [5.41, 5.74) is -0.121. The van der Waals surface area contributed by atoms with E-state index in [9.17, 15) is 9.59 Å². The lowest BCUT2D eigenvalue weighted by Gasteiger charge is -2.29. The second-order valence-corrected chi connectivity index (χ2v) is 6.17. The van der Waals surface area contributed by atoms with Crippen LogP contribution in [0.25, 0.3) is 0 Å². The van der Waals surface area contributed by atoms with E-state index in [-0.39, 0.29) is 23.3 Å². The zero-order valence-electron chi connectivity index (χ0n) is 11.2. The maximum absolute atomic E-state index is 12.2. The Morgan fingerprint density at radius 2 is 1.72 bits per heavy atom. The van der Waals surface area contributed by atoms with Gasteiger partial charge >= 0.3 is 5.97 Å². The van der Waals surface area contributed by atoms with Crippen LogP contribution < -0.4 is 5.32 Å². The Balaban J connectivity index is 1.82. The van der Waals surface area contributed by atoms with Crippen molar-refractivity contribution in [1.82, 2.24) is 5.32 Å². The van der Waals surface area contributed by atoms with Gasteiger partial charge in [-0.2, -0.15) is 0 Å². The number of hydrogen-bond donors (Lipinski definition) is 2. The fourth-order valence-electron chi connectivity index (χ4n) is 3.02. The van der Waals surface area contributed by atoms with E-state index < -0.39 is 5.97 Å². The van der Waals surface area contributed by atoms with Gasteiger partial charge in [-0.1, -0.05) is 13.8 Å². The number of carboxylic acid groups (broad SMARTS) is 1. The molecule has 2 fully saturated rings. The Morgan fingerprint density at radius 3 is 2.11 bits per heavy atom. The maximum Gasteiger partial charge on any atom is 0.306 e. The second kappa shape index (κ2) is 4.90. The molecular weight excluding hydrogens is 230 g/mol. The number of carboxylic acids is 1. The molecule has 2 rings (SSSR count). The van der Waals surface area contributed by atoms with Gasteiger partial charge < -0.3 is 10.4 Å². The first-order valence-corrected chi connectivity index (χ1v) is 6.99. The molecular formula is C14H23NO3. The van der Waals surface area contributed by atoms with Crippen molar-refractivity contribution in [2.45, 2.75) is 58.4 Å². The highest BCUT2D eigenvalue weighted by molar-refractivity contribution is 5.85. The van der Waals surface area contributed by atoms with E-state index in [1.165, 1.54) is 0 Å². The van der Waals surface area contributed by atoms with Crippen LogP contribution in [0.4, 0.5) is 0 Å². The van der Waals surface area contributed by atoms with Gasteiger partial charge in [0, 0.05) is 6.04 Å². The first-order valence-electron chi connectivity index (χ1n) is 6.99. The zero-order chi connectivity index (χ0) is 13.3. The average Bonchev–Trinajstić information content (AvgIpc) is 3.10. The predicted octanol–water partition coefficient (Wildman–Crippen LogP) is 2.18. The Bertz CT molecular complexity index is 339. The third-order valence-electron chi connectivity index (χ3n) is 4.76. The fourth-order valence-corrected chi connectivity index (χ4v) is 3.02. The molecule has 0 spiro atoms. The molecule has 4 heteroatoms. The minimum atomic E-state index is -0.694. The zero-order valence-corrected chi connectivity index (χ0v) is 11.2. The predicted molar refractivity (Wildman–Crippen MR) is 68.0 cm³/mol. The molecule has 0 heterocycles. The Labute approximate surface area is 108 Å². The molecule has 1 amide bonds. The van der Waals surface area contributed by atoms with Crippen molar-refractivity contribution >= 4 is 11.9 Å². The largest absolute Gasteiger partial charge is 0.481 e. The van der Waals surface area contributed by atoms with Gasteiger partial charge in [0.25, 0.3) is 0 Å². The average molecular weight is 253 g/mol. The van der Waals surface area contributed by atoms with Gasteiger partial charge in [-0.3, -0.25) is 9.59 Å². The molecule has 0 aromatic carbocycles. The maximum atomic E-state index is 12.2. The van der Waals surface area contributed by atoms with Gasteiger partial charge in [0.15, 0.2) is 0 Å². The van der Waals surface area contributed by atoms with Gasteiger partial charge in [-0.25, -0.2) is 0 Å². The van der Waals surface area contributed by atoms with Gasteiger partial charge in [0.05, 0.1) is 11.3 Å². The lowest BCUT2D eigenvalue weighted by molar-refractivity contribution is -0.142. The molecule has 2 aliphatic rings. The van der Waals surface area contributed by atoms with Crippen LogP contribution in [0.5, 0.6) is 0 Å². The van der Waals surface area contributed by atoms with Gasteiger partial charge in [-0.05, 0) is 44.4 Å². The van der Waals surface area contributed by atoms with Crippen molar-refractivity contribution in [1.29, 1.82) is 0 Å². The van der Waals surface area contributed by atoms with Crippen LogP contribution in [0.15, 0.2) is 0 Å². The third kappa shape index (κ3) is 2.52. The lowest BCUT2D eigenvalue weighted by atomic mass is 9.85. The van der Waals surface area contributed by atoms with Crippen LogP contribution >= 0.6 is 0 Å². The Kier molecular flexibility index (Phi) is 3.64. The standard InChI is InChI=1S/C14H23NO3/c1-9(2)14(7-8-14)13(18)15-11-5-3-10(4-6-11)12(16)17/h9-11H,3-8H2,1-2H3,(H,15,18)(H,16,17). The van der Waals surface area contributed by atoms with Crippen molar-refractivity contribution in [3.8, 4) is 0 Å². The van der Waals surface area contributed by atoms with E-state index in [0.29, 0.717) is 18.8 Å². The molecule has 0 bridgehead atoms. The topological polar surface area (TPSA) is 66.4 Å². The molecule has 2 saturated carbocycles. The number of carbonyl (C=O) groups is 2. The number of hydrogen-bond acceptors (Lipinski definition) is 2. The summed E-state index contributed by atoms with van der Waals surface area (Å²) in [7, 11) is 0. The quantitative estimate of drug-likeness (QED) is 0.807. The molecule has 0 unspecified atom stereocenters. The highest BCUT2D eigenvalue weighted by Gasteiger charge is 2.52. The minimum absolute atomic E-state index is 0.121. The summed E-state index contributed by atoms with van der Waals surface area (Å²) in [6.07, 6.45) is 4.99. The summed E-state index contributed by atoms with van der Waals surface area (Å²) in [5.74, 6) is -0.317. The van der Waals surface area contributed by atoms with Gasteiger partial charge in [0.1, 0.15) is 0 Å². The first kappa shape index (κ1) is 13.4. The molecule has 102 valence electrons. The fraction of sp³-hybridized carbons (Fsp3) is 0.857. The molecule has 2 N–H and O–H groups in total. The molecule has 2 aliphatic carbocycles. The van der Waals surface area contributed by atoms with E-state index in [1.807, 2.05) is 0 Å². The van der Waals surface area contributed by atoms with Crippen molar-refractivity contribution in [3.63, 3.8) is 0 Å². The molecule has 0 atom stereocenters. The summed E-state index contributed by atoms with van der Waals surface area (Å²) in [5, 5.41) is 12.1. The van der Waals surface area contributed by atoms with E-state index in [4.69, 9.17) is 5.11 Å². The molecule has 0 saturated heterocycles. The molecule has 18 heavy (non-hydrogen) atoms. The van der Waals surface area contributed by atoms with Gasteiger partial charge in [0.2, 0.25) is 5.91 Å². The summed E-state index contributed by atoms with van der Waals surface area (Å²) in [6.45, 7) is 4.21. The molecule has 0 aliphatic heterocycles. The summed E-state index contributed by atoms with van der Waals surface area (Å²) in [4.78, 5) is 23.1. The third-order valence-corrected chi connectivity index (χ3v) is 4.76. The second-order valence-electron chi connectivity index (χ2n) is 6.17. The summed E-state index contributed by atoms with van der Waals surface area (Å²) >= 11 is 0. The summed E-state index contributed by atoms with van der Waals surface area (Å²) < 4.78 is 0. The van der Waals surface area contributed by atoms with E-state index >= 15 is 0 Å². The van der Waals surface area contributed by atoms with Crippen LogP contribution in [0, 0.1) is 17.3 Å². The molecule has 0 radical (unpaired) electrons. The minimum Gasteiger partial charge on any atom is -0.481 e. The van der Waals surface area contributed by atoms with E-state index in [1.54, 1.807) is 0 Å². The number of aliphatic carboxylic acids is 1. The van der Waals surface area contributed by atoms with Crippen molar-refractivity contribution in [3.05, 3.63) is 0 Å². The first-order chi connectivity index (χ1) is 8.45. The van der Waals surface area contributed by atoms with E-state index in [2.05, 4.69) is 19.2 Å². The van der Waals surface area contributed by atoms with Gasteiger partial charge in [-0.15, -0.1) is 0 Å². The lowest BCUT2D eigenvalue weighted by Crippen LogP contribution is -2.43. The van der Waals surface area contributed by atoms with Crippen molar-refractivity contribution < 1.29 is 14.7 Å². The number of rotatable bonds is 4. The number of nitrogens with one attached hydrogen (secondary N) is 1. The molecule has 4 nitrogen and oxygen atoms in total. The van der Waals surface area contributed by atoms with Crippen LogP contribution in [-0.2, 0) is 9.59 Å².